The number of hydrogen-bond acceptors (Lipinski definition) is 4. The Balaban J connectivity index is 2.38. The summed E-state index contributed by atoms with van der Waals surface area (Å²) in [6, 6.07) is 4.08. The van der Waals surface area contributed by atoms with Gasteiger partial charge in [-0.2, -0.15) is 0 Å². The molecule has 1 aromatic rings. The number of carboxylic acids is 1. The van der Waals surface area contributed by atoms with Crippen molar-refractivity contribution in [1.82, 2.24) is 4.90 Å². The van der Waals surface area contributed by atoms with Gasteiger partial charge in [-0.05, 0) is 25.0 Å². The van der Waals surface area contributed by atoms with Crippen molar-refractivity contribution < 1.29 is 19.8 Å². The zero-order valence-corrected chi connectivity index (χ0v) is 12.2. The lowest BCUT2D eigenvalue weighted by atomic mass is 10.1. The summed E-state index contributed by atoms with van der Waals surface area (Å²) < 4.78 is 0. The van der Waals surface area contributed by atoms with E-state index in [-0.39, 0.29) is 16.7 Å². The average Bonchev–Trinajstić information content (AvgIpc) is 2.85. The van der Waals surface area contributed by atoms with Crippen molar-refractivity contribution in [2.45, 2.75) is 31.7 Å². The molecule has 1 aromatic carbocycles. The van der Waals surface area contributed by atoms with Gasteiger partial charge in [-0.1, -0.05) is 19.1 Å². The second-order valence-corrected chi connectivity index (χ2v) is 5.94. The molecule has 0 saturated carbocycles. The highest BCUT2D eigenvalue weighted by molar-refractivity contribution is 8.00. The maximum Gasteiger partial charge on any atom is 0.327 e. The molecule has 20 heavy (non-hydrogen) atoms. The van der Waals surface area contributed by atoms with Gasteiger partial charge in [-0.25, -0.2) is 4.79 Å². The Morgan fingerprint density at radius 2 is 2.15 bits per heavy atom. The molecule has 0 bridgehead atoms. The number of aromatic hydroxyl groups is 1. The summed E-state index contributed by atoms with van der Waals surface area (Å²) in [4.78, 5) is 25.3. The number of carboxylic acid groups (broad SMARTS) is 1. The van der Waals surface area contributed by atoms with Crippen molar-refractivity contribution in [3.63, 3.8) is 0 Å². The molecule has 6 heteroatoms. The Hall–Kier alpha value is -1.69. The molecule has 1 fully saturated rings. The van der Waals surface area contributed by atoms with Crippen LogP contribution in [0.15, 0.2) is 18.2 Å². The molecule has 0 spiro atoms. The Kier molecular flexibility index (Phi) is 4.23. The molecule has 0 aromatic heterocycles. The third-order valence-corrected chi connectivity index (χ3v) is 4.88. The summed E-state index contributed by atoms with van der Waals surface area (Å²) in [5.41, 5.74) is 0.764. The largest absolute Gasteiger partial charge is 0.507 e. The number of phenols is 1. The number of phenolic OH excluding ortho intramolecular Hbond substituents is 1. The van der Waals surface area contributed by atoms with Crippen LogP contribution in [0.25, 0.3) is 0 Å². The van der Waals surface area contributed by atoms with Crippen molar-refractivity contribution in [1.29, 1.82) is 0 Å². The molecule has 2 N–H and O–H groups in total. The number of carbonyl (C=O) groups excluding carboxylic acids is 1. The van der Waals surface area contributed by atoms with Crippen molar-refractivity contribution in [3.05, 3.63) is 29.3 Å². The lowest BCUT2D eigenvalue weighted by Crippen LogP contribution is -2.45. The first-order chi connectivity index (χ1) is 9.47. The molecule has 5 nitrogen and oxygen atoms in total. The van der Waals surface area contributed by atoms with Gasteiger partial charge >= 0.3 is 5.97 Å². The minimum Gasteiger partial charge on any atom is -0.507 e. The number of aliphatic carboxylic acids is 1. The number of thioether (sulfide) groups is 1. The standard InChI is InChI=1S/C14H17NO4S/c1-3-11-15(10(7-20-11)14(18)19)13(17)9-6-4-5-8(2)12(9)16/h4-6,10-11,16H,3,7H2,1-2H3,(H,18,19). The molecule has 1 aliphatic rings. The molecular weight excluding hydrogens is 278 g/mol. The topological polar surface area (TPSA) is 77.8 Å². The van der Waals surface area contributed by atoms with Crippen LogP contribution in [0.1, 0.15) is 29.3 Å². The fourth-order valence-corrected chi connectivity index (χ4v) is 3.66. The fraction of sp³-hybridized carbons (Fsp3) is 0.429. The van der Waals surface area contributed by atoms with E-state index in [4.69, 9.17) is 0 Å². The Morgan fingerprint density at radius 1 is 1.45 bits per heavy atom. The number of hydrogen-bond donors (Lipinski definition) is 2. The fourth-order valence-electron chi connectivity index (χ4n) is 2.31. The minimum absolute atomic E-state index is 0.0756. The molecule has 1 saturated heterocycles. The first-order valence-electron chi connectivity index (χ1n) is 6.43. The summed E-state index contributed by atoms with van der Waals surface area (Å²) in [6.45, 7) is 3.62. The highest BCUT2D eigenvalue weighted by Crippen LogP contribution is 2.34. The van der Waals surface area contributed by atoms with E-state index in [2.05, 4.69) is 0 Å². The van der Waals surface area contributed by atoms with Crippen molar-refractivity contribution in [2.24, 2.45) is 0 Å². The maximum atomic E-state index is 12.6. The van der Waals surface area contributed by atoms with Crippen molar-refractivity contribution in [3.8, 4) is 5.75 Å². The molecule has 2 unspecified atom stereocenters. The third-order valence-electron chi connectivity index (χ3n) is 3.43. The van der Waals surface area contributed by atoms with Crippen LogP contribution in [-0.2, 0) is 4.79 Å². The van der Waals surface area contributed by atoms with Crippen LogP contribution >= 0.6 is 11.8 Å². The molecule has 1 aliphatic heterocycles. The second kappa shape index (κ2) is 5.75. The number of aryl methyl sites for hydroxylation is 1. The summed E-state index contributed by atoms with van der Waals surface area (Å²) in [5.74, 6) is -1.12. The first-order valence-corrected chi connectivity index (χ1v) is 7.47. The number of para-hydroxylation sites is 1. The van der Waals surface area contributed by atoms with Gasteiger partial charge < -0.3 is 15.1 Å². The van der Waals surface area contributed by atoms with E-state index in [9.17, 15) is 19.8 Å². The summed E-state index contributed by atoms with van der Waals surface area (Å²) >= 11 is 1.46. The third kappa shape index (κ3) is 2.47. The van der Waals surface area contributed by atoms with E-state index in [0.717, 1.165) is 0 Å². The van der Waals surface area contributed by atoms with Crippen LogP contribution in [0.4, 0.5) is 0 Å². The van der Waals surface area contributed by atoms with E-state index in [1.165, 1.54) is 22.7 Å². The molecule has 0 radical (unpaired) electrons. The molecular formula is C14H17NO4S. The van der Waals surface area contributed by atoms with Crippen LogP contribution in [-0.4, -0.2) is 44.2 Å². The van der Waals surface area contributed by atoms with Gasteiger partial charge in [0.05, 0.1) is 10.9 Å². The van der Waals surface area contributed by atoms with E-state index >= 15 is 0 Å². The van der Waals surface area contributed by atoms with Gasteiger partial charge in [0.1, 0.15) is 11.8 Å². The Labute approximate surface area is 121 Å². The molecule has 108 valence electrons. The molecule has 2 atom stereocenters. The maximum absolute atomic E-state index is 12.6. The van der Waals surface area contributed by atoms with Crippen molar-refractivity contribution >= 4 is 23.6 Å². The second-order valence-electron chi connectivity index (χ2n) is 4.73. The molecule has 1 heterocycles. The number of rotatable bonds is 3. The van der Waals surface area contributed by atoms with E-state index in [1.54, 1.807) is 19.1 Å². The van der Waals surface area contributed by atoms with Crippen LogP contribution in [0, 0.1) is 6.92 Å². The lowest BCUT2D eigenvalue weighted by Gasteiger charge is -2.27. The smallest absolute Gasteiger partial charge is 0.327 e. The quantitative estimate of drug-likeness (QED) is 0.892. The van der Waals surface area contributed by atoms with E-state index in [1.807, 2.05) is 6.92 Å². The van der Waals surface area contributed by atoms with Crippen LogP contribution in [0.5, 0.6) is 5.75 Å². The number of amides is 1. The zero-order valence-electron chi connectivity index (χ0n) is 11.4. The Bertz CT molecular complexity index is 546. The predicted molar refractivity (Wildman–Crippen MR) is 77.0 cm³/mol. The van der Waals surface area contributed by atoms with Crippen molar-refractivity contribution in [2.75, 3.05) is 5.75 Å². The normalized spacial score (nSPS) is 22.0. The molecule has 1 amide bonds. The van der Waals surface area contributed by atoms with Gasteiger partial charge in [-0.15, -0.1) is 11.8 Å². The van der Waals surface area contributed by atoms with Gasteiger partial charge in [0.2, 0.25) is 0 Å². The number of benzene rings is 1. The average molecular weight is 295 g/mol. The van der Waals surface area contributed by atoms with Gasteiger partial charge in [-0.3, -0.25) is 4.79 Å². The summed E-state index contributed by atoms with van der Waals surface area (Å²) in [5, 5.41) is 19.1. The van der Waals surface area contributed by atoms with Crippen LogP contribution in [0.3, 0.4) is 0 Å². The Morgan fingerprint density at radius 3 is 2.75 bits per heavy atom. The number of carbonyl (C=O) groups is 2. The minimum atomic E-state index is -1.01. The monoisotopic (exact) mass is 295 g/mol. The number of nitrogens with zero attached hydrogens (tertiary/aromatic N) is 1. The predicted octanol–water partition coefficient (Wildman–Crippen LogP) is 2.08. The van der Waals surface area contributed by atoms with Gasteiger partial charge in [0.15, 0.2) is 0 Å². The molecule has 0 aliphatic carbocycles. The van der Waals surface area contributed by atoms with Crippen LogP contribution < -0.4 is 0 Å². The highest BCUT2D eigenvalue weighted by atomic mass is 32.2. The van der Waals surface area contributed by atoms with E-state index in [0.29, 0.717) is 17.7 Å². The van der Waals surface area contributed by atoms with E-state index < -0.39 is 17.9 Å². The first kappa shape index (κ1) is 14.7. The molecule has 2 rings (SSSR count). The van der Waals surface area contributed by atoms with Gasteiger partial charge in [0.25, 0.3) is 5.91 Å². The SMILES string of the molecule is CCC1SCC(C(=O)O)N1C(=O)c1cccc(C)c1O. The summed E-state index contributed by atoms with van der Waals surface area (Å²) in [7, 11) is 0. The van der Waals surface area contributed by atoms with Crippen LogP contribution in [0.2, 0.25) is 0 Å². The zero-order chi connectivity index (χ0) is 14.9. The highest BCUT2D eigenvalue weighted by Gasteiger charge is 2.41. The lowest BCUT2D eigenvalue weighted by molar-refractivity contribution is -0.141. The van der Waals surface area contributed by atoms with Gasteiger partial charge in [0, 0.05) is 5.75 Å². The summed E-state index contributed by atoms with van der Waals surface area (Å²) in [6.07, 6.45) is 0.673.